The normalized spacial score (nSPS) is 10.1. The number of carbonyl (C=O) groups excluding carboxylic acids is 1. The number of methoxy groups -OCH3 is 1. The van der Waals surface area contributed by atoms with Crippen molar-refractivity contribution in [1.82, 2.24) is 0 Å². The number of phenolic OH excluding ortho intramolecular Hbond substituents is 1. The van der Waals surface area contributed by atoms with Crippen LogP contribution < -0.4 is 4.74 Å². The molecule has 0 atom stereocenters. The van der Waals surface area contributed by atoms with Crippen molar-refractivity contribution in [3.05, 3.63) is 47.8 Å². The molecule has 2 rings (SSSR count). The first-order valence-corrected chi connectivity index (χ1v) is 5.28. The van der Waals surface area contributed by atoms with Gasteiger partial charge >= 0.3 is 0 Å². The fraction of sp³-hybridized carbons (Fsp3) is 0.0714. The molecule has 0 spiro atoms. The Balaban J connectivity index is 2.48. The van der Waals surface area contributed by atoms with Crippen LogP contribution in [0, 0.1) is 5.82 Å². The molecule has 0 aromatic heterocycles. The van der Waals surface area contributed by atoms with E-state index in [0.717, 1.165) is 0 Å². The molecule has 0 aliphatic heterocycles. The second-order valence-electron chi connectivity index (χ2n) is 3.74. The number of hydrogen-bond donors (Lipinski definition) is 1. The third kappa shape index (κ3) is 2.18. The Hall–Kier alpha value is -2.36. The molecule has 2 aromatic carbocycles. The van der Waals surface area contributed by atoms with Gasteiger partial charge in [0.25, 0.3) is 0 Å². The van der Waals surface area contributed by atoms with Gasteiger partial charge in [-0.15, -0.1) is 0 Å². The van der Waals surface area contributed by atoms with Crippen molar-refractivity contribution in [3.63, 3.8) is 0 Å². The third-order valence-corrected chi connectivity index (χ3v) is 2.64. The molecule has 1 N–H and O–H groups in total. The van der Waals surface area contributed by atoms with Crippen molar-refractivity contribution in [2.75, 3.05) is 7.11 Å². The number of benzene rings is 2. The molecular formula is C14H11FO3. The number of rotatable bonds is 3. The fourth-order valence-corrected chi connectivity index (χ4v) is 1.67. The van der Waals surface area contributed by atoms with E-state index >= 15 is 0 Å². The molecule has 0 aliphatic carbocycles. The number of phenols is 1. The van der Waals surface area contributed by atoms with E-state index in [9.17, 15) is 14.3 Å². The van der Waals surface area contributed by atoms with E-state index < -0.39 is 5.82 Å². The van der Waals surface area contributed by atoms with Crippen molar-refractivity contribution in [3.8, 4) is 22.6 Å². The van der Waals surface area contributed by atoms with Crippen LogP contribution in [0.5, 0.6) is 11.5 Å². The van der Waals surface area contributed by atoms with Gasteiger partial charge in [0.2, 0.25) is 0 Å². The molecule has 0 amide bonds. The molecule has 0 saturated heterocycles. The van der Waals surface area contributed by atoms with Gasteiger partial charge in [-0.1, -0.05) is 12.1 Å². The zero-order valence-corrected chi connectivity index (χ0v) is 9.68. The molecule has 0 fully saturated rings. The first kappa shape index (κ1) is 12.1. The Morgan fingerprint density at radius 1 is 1.17 bits per heavy atom. The Morgan fingerprint density at radius 3 is 2.44 bits per heavy atom. The van der Waals surface area contributed by atoms with Crippen LogP contribution in [0.3, 0.4) is 0 Å². The lowest BCUT2D eigenvalue weighted by atomic mass is 10.0. The summed E-state index contributed by atoms with van der Waals surface area (Å²) >= 11 is 0. The zero-order chi connectivity index (χ0) is 13.1. The Morgan fingerprint density at radius 2 is 1.83 bits per heavy atom. The van der Waals surface area contributed by atoms with Crippen LogP contribution in [0.1, 0.15) is 10.4 Å². The summed E-state index contributed by atoms with van der Waals surface area (Å²) in [5.41, 5.74) is 1.43. The summed E-state index contributed by atoms with van der Waals surface area (Å²) in [6.45, 7) is 0. The minimum absolute atomic E-state index is 0.0947. The molecule has 0 saturated carbocycles. The number of hydrogen-bond acceptors (Lipinski definition) is 3. The summed E-state index contributed by atoms with van der Waals surface area (Å²) in [6, 6.07) is 9.04. The van der Waals surface area contributed by atoms with E-state index in [-0.39, 0.29) is 17.1 Å². The van der Waals surface area contributed by atoms with Crippen LogP contribution >= 0.6 is 0 Å². The van der Waals surface area contributed by atoms with Crippen LogP contribution in [0.2, 0.25) is 0 Å². The van der Waals surface area contributed by atoms with Crippen LogP contribution in [0.25, 0.3) is 11.1 Å². The van der Waals surface area contributed by atoms with E-state index in [0.29, 0.717) is 17.4 Å². The summed E-state index contributed by atoms with van der Waals surface area (Å²) in [4.78, 5) is 10.7. The highest BCUT2D eigenvalue weighted by molar-refractivity contribution is 5.82. The molecule has 0 heterocycles. The summed E-state index contributed by atoms with van der Waals surface area (Å²) in [7, 11) is 1.39. The maximum Gasteiger partial charge on any atom is 0.165 e. The lowest BCUT2D eigenvalue weighted by Crippen LogP contribution is -1.89. The lowest BCUT2D eigenvalue weighted by Gasteiger charge is -2.06. The van der Waals surface area contributed by atoms with Crippen LogP contribution in [-0.2, 0) is 0 Å². The van der Waals surface area contributed by atoms with Gasteiger partial charge in [-0.25, -0.2) is 4.39 Å². The van der Waals surface area contributed by atoms with E-state index in [1.165, 1.54) is 31.4 Å². The van der Waals surface area contributed by atoms with Crippen molar-refractivity contribution in [2.45, 2.75) is 0 Å². The van der Waals surface area contributed by atoms with E-state index in [4.69, 9.17) is 4.74 Å². The summed E-state index contributed by atoms with van der Waals surface area (Å²) < 4.78 is 18.4. The first-order chi connectivity index (χ1) is 8.65. The van der Waals surface area contributed by atoms with Crippen molar-refractivity contribution < 1.29 is 19.0 Å². The SMILES string of the molecule is COc1ccc(-c2ccc(O)c(C=O)c2)cc1F. The molecule has 0 bridgehead atoms. The molecular weight excluding hydrogens is 235 g/mol. The predicted molar refractivity (Wildman–Crippen MR) is 65.4 cm³/mol. The van der Waals surface area contributed by atoms with Crippen molar-refractivity contribution in [2.24, 2.45) is 0 Å². The van der Waals surface area contributed by atoms with E-state index in [2.05, 4.69) is 0 Å². The molecule has 3 nitrogen and oxygen atoms in total. The zero-order valence-electron chi connectivity index (χ0n) is 9.68. The van der Waals surface area contributed by atoms with Gasteiger partial charge in [0.1, 0.15) is 5.75 Å². The van der Waals surface area contributed by atoms with Crippen LogP contribution in [-0.4, -0.2) is 18.5 Å². The standard InChI is InChI=1S/C14H11FO3/c1-18-14-5-3-10(7-12(14)15)9-2-4-13(17)11(6-9)8-16/h2-8,17H,1H3. The highest BCUT2D eigenvalue weighted by Crippen LogP contribution is 2.28. The molecule has 0 unspecified atom stereocenters. The van der Waals surface area contributed by atoms with Crippen molar-refractivity contribution >= 4 is 6.29 Å². The average molecular weight is 246 g/mol. The fourth-order valence-electron chi connectivity index (χ4n) is 1.67. The number of aromatic hydroxyl groups is 1. The molecule has 18 heavy (non-hydrogen) atoms. The topological polar surface area (TPSA) is 46.5 Å². The van der Waals surface area contributed by atoms with Gasteiger partial charge in [0.05, 0.1) is 12.7 Å². The molecule has 92 valence electrons. The summed E-state index contributed by atoms with van der Waals surface area (Å²) in [5.74, 6) is -0.411. The minimum Gasteiger partial charge on any atom is -0.507 e. The number of halogens is 1. The molecule has 4 heteroatoms. The highest BCUT2D eigenvalue weighted by atomic mass is 19.1. The van der Waals surface area contributed by atoms with E-state index in [1.54, 1.807) is 12.1 Å². The minimum atomic E-state index is -0.476. The number of aldehydes is 1. The quantitative estimate of drug-likeness (QED) is 0.847. The second kappa shape index (κ2) is 4.87. The monoisotopic (exact) mass is 246 g/mol. The highest BCUT2D eigenvalue weighted by Gasteiger charge is 2.07. The average Bonchev–Trinajstić information content (AvgIpc) is 2.39. The lowest BCUT2D eigenvalue weighted by molar-refractivity contribution is 0.112. The predicted octanol–water partition coefficient (Wildman–Crippen LogP) is 3.02. The largest absolute Gasteiger partial charge is 0.507 e. The molecule has 0 radical (unpaired) electrons. The molecule has 2 aromatic rings. The van der Waals surface area contributed by atoms with Gasteiger partial charge in [-0.2, -0.15) is 0 Å². The Bertz CT molecular complexity index is 594. The van der Waals surface area contributed by atoms with Crippen LogP contribution in [0.15, 0.2) is 36.4 Å². The Labute approximate surface area is 103 Å². The Kier molecular flexibility index (Phi) is 3.28. The molecule has 0 aliphatic rings. The number of carbonyl (C=O) groups is 1. The summed E-state index contributed by atoms with van der Waals surface area (Å²) in [6.07, 6.45) is 0.554. The number of ether oxygens (including phenoxy) is 1. The van der Waals surface area contributed by atoms with Gasteiger partial charge < -0.3 is 9.84 Å². The van der Waals surface area contributed by atoms with Crippen molar-refractivity contribution in [1.29, 1.82) is 0 Å². The van der Waals surface area contributed by atoms with Crippen LogP contribution in [0.4, 0.5) is 4.39 Å². The van der Waals surface area contributed by atoms with Gasteiger partial charge in [0.15, 0.2) is 17.9 Å². The van der Waals surface area contributed by atoms with E-state index in [1.807, 2.05) is 0 Å². The van der Waals surface area contributed by atoms with Gasteiger partial charge in [0, 0.05) is 0 Å². The smallest absolute Gasteiger partial charge is 0.165 e. The maximum atomic E-state index is 13.6. The summed E-state index contributed by atoms with van der Waals surface area (Å²) in [5, 5.41) is 9.39. The maximum absolute atomic E-state index is 13.6. The second-order valence-corrected chi connectivity index (χ2v) is 3.74. The van der Waals surface area contributed by atoms with Gasteiger partial charge in [-0.05, 0) is 35.4 Å². The first-order valence-electron chi connectivity index (χ1n) is 5.28. The third-order valence-electron chi connectivity index (χ3n) is 2.64. The van der Waals surface area contributed by atoms with Gasteiger partial charge in [-0.3, -0.25) is 4.79 Å².